The summed E-state index contributed by atoms with van der Waals surface area (Å²) >= 11 is 0. The summed E-state index contributed by atoms with van der Waals surface area (Å²) in [5.41, 5.74) is -0.115. The summed E-state index contributed by atoms with van der Waals surface area (Å²) in [6.45, 7) is 6.23. The van der Waals surface area contributed by atoms with Gasteiger partial charge in [-0.3, -0.25) is 4.68 Å². The van der Waals surface area contributed by atoms with Crippen molar-refractivity contribution in [3.63, 3.8) is 0 Å². The lowest BCUT2D eigenvalue weighted by atomic mass is 10.3. The number of rotatable bonds is 6. The van der Waals surface area contributed by atoms with Crippen molar-refractivity contribution in [2.75, 3.05) is 20.3 Å². The molecule has 1 fully saturated rings. The van der Waals surface area contributed by atoms with E-state index in [1.54, 1.807) is 6.92 Å². The predicted octanol–water partition coefficient (Wildman–Crippen LogP) is 1.18. The number of esters is 1. The lowest BCUT2D eigenvalue weighted by Crippen LogP contribution is -2.24. The Bertz CT molecular complexity index is 568. The number of hydrogen-bond donors (Lipinski definition) is 0. The Labute approximate surface area is 127 Å². The third-order valence-electron chi connectivity index (χ3n) is 3.03. The van der Waals surface area contributed by atoms with Crippen molar-refractivity contribution >= 4 is 11.7 Å². The number of aromatic nitrogens is 2. The van der Waals surface area contributed by atoms with Crippen LogP contribution in [0, 0.1) is 4.91 Å². The smallest absolute Gasteiger partial charge is 0.369 e. The number of carbonyl (C=O) groups excluding carboxylic acids is 1. The Morgan fingerprint density at radius 2 is 2.32 bits per heavy atom. The minimum absolute atomic E-state index is 0.0147. The lowest BCUT2D eigenvalue weighted by Gasteiger charge is -2.16. The standard InChI is InChI=1S/C13H20N3O6/c1-5-20-12(17)11-10(16(18)19-4)7-15(14-11)6-9-8-21-13(2,3)22-9/h7,9H,5-6,8H2,1-4H3/q+1/t9-/m1/s1. The summed E-state index contributed by atoms with van der Waals surface area (Å²) in [7, 11) is 1.20. The summed E-state index contributed by atoms with van der Waals surface area (Å²) in [5.74, 6) is -1.33. The minimum Gasteiger partial charge on any atom is -0.461 e. The molecule has 1 aliphatic rings. The molecule has 0 aliphatic carbocycles. The van der Waals surface area contributed by atoms with Crippen LogP contribution in [0.25, 0.3) is 0 Å². The molecular formula is C13H20N3O6+. The van der Waals surface area contributed by atoms with Crippen molar-refractivity contribution in [3.8, 4) is 0 Å². The van der Waals surface area contributed by atoms with Crippen LogP contribution in [0.2, 0.25) is 0 Å². The fraction of sp³-hybridized carbons (Fsp3) is 0.692. The van der Waals surface area contributed by atoms with E-state index in [2.05, 4.69) is 9.94 Å². The molecule has 1 aromatic heterocycles. The Morgan fingerprint density at radius 3 is 2.86 bits per heavy atom. The third kappa shape index (κ3) is 3.60. The van der Waals surface area contributed by atoms with Gasteiger partial charge in [0.15, 0.2) is 12.9 Å². The van der Waals surface area contributed by atoms with Gasteiger partial charge in [0.25, 0.3) is 10.6 Å². The van der Waals surface area contributed by atoms with Crippen LogP contribution in [-0.4, -0.2) is 52.9 Å². The Balaban J connectivity index is 2.19. The van der Waals surface area contributed by atoms with Gasteiger partial charge in [-0.1, -0.05) is 0 Å². The molecule has 1 aromatic rings. The maximum atomic E-state index is 11.9. The zero-order chi connectivity index (χ0) is 16.3. The molecule has 0 bridgehead atoms. The van der Waals surface area contributed by atoms with E-state index in [9.17, 15) is 9.70 Å². The first-order chi connectivity index (χ1) is 10.4. The van der Waals surface area contributed by atoms with Gasteiger partial charge in [0.1, 0.15) is 12.3 Å². The van der Waals surface area contributed by atoms with Gasteiger partial charge in [-0.15, -0.1) is 0 Å². The average molecular weight is 314 g/mol. The molecule has 2 heterocycles. The maximum Gasteiger partial charge on any atom is 0.369 e. The molecular weight excluding hydrogens is 294 g/mol. The number of carbonyl (C=O) groups is 1. The van der Waals surface area contributed by atoms with Crippen molar-refractivity contribution in [1.29, 1.82) is 0 Å². The normalized spacial score (nSPS) is 19.9. The first kappa shape index (κ1) is 16.4. The summed E-state index contributed by atoms with van der Waals surface area (Å²) in [6, 6.07) is 0. The van der Waals surface area contributed by atoms with Crippen LogP contribution in [0.1, 0.15) is 31.3 Å². The van der Waals surface area contributed by atoms with Crippen LogP contribution in [0.4, 0.5) is 5.69 Å². The van der Waals surface area contributed by atoms with Crippen LogP contribution in [-0.2, 0) is 25.6 Å². The van der Waals surface area contributed by atoms with E-state index < -0.39 is 11.8 Å². The molecule has 0 spiro atoms. The quantitative estimate of drug-likeness (QED) is 0.575. The lowest BCUT2D eigenvalue weighted by molar-refractivity contribution is -0.736. The van der Waals surface area contributed by atoms with E-state index in [4.69, 9.17) is 14.2 Å². The van der Waals surface area contributed by atoms with Crippen LogP contribution in [0.5, 0.6) is 0 Å². The molecule has 122 valence electrons. The van der Waals surface area contributed by atoms with Gasteiger partial charge in [-0.05, 0) is 20.8 Å². The molecule has 0 N–H and O–H groups in total. The predicted molar refractivity (Wildman–Crippen MR) is 73.4 cm³/mol. The number of hydrogen-bond acceptors (Lipinski definition) is 7. The number of ether oxygens (including phenoxy) is 3. The zero-order valence-electron chi connectivity index (χ0n) is 13.1. The Kier molecular flexibility index (Phi) is 4.77. The van der Waals surface area contributed by atoms with E-state index in [1.165, 1.54) is 18.0 Å². The Morgan fingerprint density at radius 1 is 1.59 bits per heavy atom. The van der Waals surface area contributed by atoms with E-state index in [0.29, 0.717) is 13.2 Å². The molecule has 1 atom stereocenters. The average Bonchev–Trinajstić information content (AvgIpc) is 3.02. The van der Waals surface area contributed by atoms with E-state index >= 15 is 0 Å². The van der Waals surface area contributed by atoms with Gasteiger partial charge in [0.05, 0.1) is 24.7 Å². The van der Waals surface area contributed by atoms with Gasteiger partial charge >= 0.3 is 11.7 Å². The Hall–Kier alpha value is -2.00. The molecule has 9 nitrogen and oxygen atoms in total. The van der Waals surface area contributed by atoms with Crippen molar-refractivity contribution in [2.24, 2.45) is 0 Å². The second-order valence-electron chi connectivity index (χ2n) is 5.20. The molecule has 0 aromatic carbocycles. The molecule has 0 saturated carbocycles. The van der Waals surface area contributed by atoms with Crippen molar-refractivity contribution < 1.29 is 28.8 Å². The largest absolute Gasteiger partial charge is 0.461 e. The molecule has 0 radical (unpaired) electrons. The van der Waals surface area contributed by atoms with E-state index in [1.807, 2.05) is 13.8 Å². The summed E-state index contributed by atoms with van der Waals surface area (Å²) in [6.07, 6.45) is 1.19. The zero-order valence-corrected chi connectivity index (χ0v) is 13.1. The molecule has 1 saturated heterocycles. The molecule has 1 aliphatic heterocycles. The van der Waals surface area contributed by atoms with Crippen molar-refractivity contribution in [1.82, 2.24) is 9.78 Å². The van der Waals surface area contributed by atoms with Crippen LogP contribution < -0.4 is 0 Å². The van der Waals surface area contributed by atoms with Crippen molar-refractivity contribution in [2.45, 2.75) is 39.2 Å². The fourth-order valence-corrected chi connectivity index (χ4v) is 2.14. The number of nitrogens with zero attached hydrogens (tertiary/aromatic N) is 3. The highest BCUT2D eigenvalue weighted by atomic mass is 16.8. The highest BCUT2D eigenvalue weighted by Crippen LogP contribution is 2.24. The molecule has 0 unspecified atom stereocenters. The monoisotopic (exact) mass is 314 g/mol. The molecule has 2 rings (SSSR count). The van der Waals surface area contributed by atoms with Gasteiger partial charge in [0, 0.05) is 0 Å². The molecule has 0 amide bonds. The minimum atomic E-state index is -0.682. The topological polar surface area (TPSA) is 91.9 Å². The third-order valence-corrected chi connectivity index (χ3v) is 3.03. The van der Waals surface area contributed by atoms with Gasteiger partial charge in [0.2, 0.25) is 0 Å². The summed E-state index contributed by atoms with van der Waals surface area (Å²) in [5, 5.41) is 4.09. The first-order valence-corrected chi connectivity index (χ1v) is 6.94. The van der Waals surface area contributed by atoms with Crippen molar-refractivity contribution in [3.05, 3.63) is 16.8 Å². The van der Waals surface area contributed by atoms with Gasteiger partial charge in [-0.25, -0.2) is 9.63 Å². The highest BCUT2D eigenvalue weighted by Gasteiger charge is 2.35. The second kappa shape index (κ2) is 6.41. The summed E-state index contributed by atoms with van der Waals surface area (Å²) in [4.78, 5) is 28.3. The second-order valence-corrected chi connectivity index (χ2v) is 5.20. The van der Waals surface area contributed by atoms with Crippen LogP contribution >= 0.6 is 0 Å². The van der Waals surface area contributed by atoms with Crippen LogP contribution in [0.15, 0.2) is 6.20 Å². The van der Waals surface area contributed by atoms with Crippen LogP contribution in [0.3, 0.4) is 0 Å². The van der Waals surface area contributed by atoms with Gasteiger partial charge < -0.3 is 14.2 Å². The first-order valence-electron chi connectivity index (χ1n) is 6.94. The molecule has 22 heavy (non-hydrogen) atoms. The maximum absolute atomic E-state index is 11.9. The van der Waals surface area contributed by atoms with E-state index in [-0.39, 0.29) is 29.0 Å². The van der Waals surface area contributed by atoms with E-state index in [0.717, 1.165) is 0 Å². The summed E-state index contributed by atoms with van der Waals surface area (Å²) < 4.78 is 17.5. The highest BCUT2D eigenvalue weighted by molar-refractivity contribution is 5.91. The molecule has 9 heteroatoms. The SMILES string of the molecule is CCOC(=O)c1nn(C[C@@H]2COC(C)(C)O2)cc1[N+](=O)OC. The fourth-order valence-electron chi connectivity index (χ4n) is 2.14. The van der Waals surface area contributed by atoms with Gasteiger partial charge in [-0.2, -0.15) is 5.10 Å².